The molecule has 0 aliphatic rings. The van der Waals surface area contributed by atoms with Crippen LogP contribution in [0.15, 0.2) is 27.4 Å². The number of unbranched alkanes of at least 4 members (excludes halogenated alkanes) is 1. The van der Waals surface area contributed by atoms with Gasteiger partial charge in [0, 0.05) is 13.6 Å². The smallest absolute Gasteiger partial charge is 0.230 e. The Kier molecular flexibility index (Phi) is 5.65. The summed E-state index contributed by atoms with van der Waals surface area (Å²) < 4.78 is 28.4. The molecule has 0 atom stereocenters. The lowest BCUT2D eigenvalue weighted by Gasteiger charge is -2.16. The van der Waals surface area contributed by atoms with Crippen molar-refractivity contribution in [1.29, 1.82) is 0 Å². The lowest BCUT2D eigenvalue weighted by Crippen LogP contribution is -2.27. The van der Waals surface area contributed by atoms with Crippen molar-refractivity contribution in [3.63, 3.8) is 0 Å². The van der Waals surface area contributed by atoms with Crippen molar-refractivity contribution in [2.45, 2.75) is 35.9 Å². The molecule has 1 aromatic heterocycles. The minimum atomic E-state index is -3.40. The van der Waals surface area contributed by atoms with E-state index >= 15 is 0 Å². The van der Waals surface area contributed by atoms with Gasteiger partial charge in [-0.3, -0.25) is 0 Å². The fourth-order valence-corrected chi connectivity index (χ4v) is 5.23. The molecule has 2 rings (SSSR count). The molecular weight excluding hydrogens is 324 g/mol. The number of nitrogens with zero attached hydrogens (tertiary/aromatic N) is 2. The number of hydrogen-bond donors (Lipinski definition) is 0. The summed E-state index contributed by atoms with van der Waals surface area (Å²) in [7, 11) is -1.76. The van der Waals surface area contributed by atoms with Gasteiger partial charge < -0.3 is 0 Å². The van der Waals surface area contributed by atoms with E-state index in [4.69, 9.17) is 0 Å². The van der Waals surface area contributed by atoms with Gasteiger partial charge in [-0.05, 0) is 30.4 Å². The molecule has 0 saturated heterocycles. The van der Waals surface area contributed by atoms with Crippen molar-refractivity contribution in [3.05, 3.63) is 18.2 Å². The second kappa shape index (κ2) is 7.09. The first-order valence-electron chi connectivity index (χ1n) is 6.98. The summed E-state index contributed by atoms with van der Waals surface area (Å²) in [5.41, 5.74) is 0.867. The number of hydrogen-bond acceptors (Lipinski definition) is 5. The number of fused-ring (bicyclic) bond motifs is 1. The highest BCUT2D eigenvalue weighted by Crippen LogP contribution is 2.31. The molecule has 1 heterocycles. The van der Waals surface area contributed by atoms with Crippen LogP contribution in [0.1, 0.15) is 26.7 Å². The fourth-order valence-electron chi connectivity index (χ4n) is 1.91. The third-order valence-corrected chi connectivity index (χ3v) is 7.04. The first-order valence-corrected chi connectivity index (χ1v) is 10.2. The Morgan fingerprint density at radius 3 is 2.76 bits per heavy atom. The average molecular weight is 345 g/mol. The van der Waals surface area contributed by atoms with Gasteiger partial charge in [0.05, 0.1) is 15.1 Å². The van der Waals surface area contributed by atoms with Gasteiger partial charge in [-0.15, -0.1) is 11.3 Å². The molecule has 116 valence electrons. The minimum absolute atomic E-state index is 0.352. The molecule has 0 saturated carbocycles. The third-order valence-electron chi connectivity index (χ3n) is 3.14. The van der Waals surface area contributed by atoms with Crippen molar-refractivity contribution in [2.24, 2.45) is 0 Å². The van der Waals surface area contributed by atoms with E-state index < -0.39 is 10.0 Å². The molecule has 4 nitrogen and oxygen atoms in total. The predicted molar refractivity (Wildman–Crippen MR) is 90.7 cm³/mol. The number of thioether (sulfide) groups is 1. The van der Waals surface area contributed by atoms with Gasteiger partial charge in [0.2, 0.25) is 10.0 Å². The first-order chi connectivity index (χ1) is 9.98. The van der Waals surface area contributed by atoms with Crippen LogP contribution < -0.4 is 0 Å². The molecule has 0 aliphatic heterocycles. The van der Waals surface area contributed by atoms with Crippen LogP contribution in [-0.4, -0.2) is 37.1 Å². The van der Waals surface area contributed by atoms with Gasteiger partial charge >= 0.3 is 0 Å². The van der Waals surface area contributed by atoms with E-state index in [1.165, 1.54) is 4.31 Å². The largest absolute Gasteiger partial charge is 0.242 e. The Morgan fingerprint density at radius 2 is 2.10 bits per heavy atom. The summed E-state index contributed by atoms with van der Waals surface area (Å²) in [5.74, 6) is 0.963. The third kappa shape index (κ3) is 3.77. The summed E-state index contributed by atoms with van der Waals surface area (Å²) >= 11 is 3.23. The topological polar surface area (TPSA) is 50.3 Å². The van der Waals surface area contributed by atoms with Crippen LogP contribution in [0.4, 0.5) is 0 Å². The molecule has 0 radical (unpaired) electrons. The molecule has 0 N–H and O–H groups in total. The van der Waals surface area contributed by atoms with Crippen molar-refractivity contribution in [2.75, 3.05) is 19.3 Å². The molecule has 7 heteroatoms. The van der Waals surface area contributed by atoms with Crippen molar-refractivity contribution in [1.82, 2.24) is 9.29 Å². The van der Waals surface area contributed by atoms with E-state index in [2.05, 4.69) is 18.8 Å². The summed E-state index contributed by atoms with van der Waals surface area (Å²) in [6.45, 7) is 4.68. The van der Waals surface area contributed by atoms with E-state index in [1.807, 2.05) is 0 Å². The molecular formula is C14H20N2O2S3. The van der Waals surface area contributed by atoms with E-state index in [0.717, 1.165) is 33.2 Å². The maximum atomic E-state index is 12.5. The standard InChI is InChI=1S/C14H20N2O2S3/c1-4-6-9-16(3)21(17,18)11-7-8-12-13(10-11)20-14(15-12)19-5-2/h7-8,10H,4-6,9H2,1-3H3. The Balaban J connectivity index is 2.33. The van der Waals surface area contributed by atoms with Gasteiger partial charge in [0.15, 0.2) is 4.34 Å². The van der Waals surface area contributed by atoms with E-state index in [0.29, 0.717) is 11.4 Å². The first kappa shape index (κ1) is 16.7. The lowest BCUT2D eigenvalue weighted by molar-refractivity contribution is 0.459. The van der Waals surface area contributed by atoms with Gasteiger partial charge in [-0.1, -0.05) is 32.0 Å². The van der Waals surface area contributed by atoms with E-state index in [9.17, 15) is 8.42 Å². The van der Waals surface area contributed by atoms with Gasteiger partial charge in [0.25, 0.3) is 0 Å². The second-order valence-corrected chi connectivity index (χ2v) is 9.31. The van der Waals surface area contributed by atoms with Crippen molar-refractivity contribution >= 4 is 43.3 Å². The zero-order valence-corrected chi connectivity index (χ0v) is 14.9. The van der Waals surface area contributed by atoms with Crippen LogP contribution >= 0.6 is 23.1 Å². The van der Waals surface area contributed by atoms with Crippen LogP contribution in [0.3, 0.4) is 0 Å². The highest BCUT2D eigenvalue weighted by atomic mass is 32.2. The van der Waals surface area contributed by atoms with Crippen LogP contribution in [0.25, 0.3) is 10.2 Å². The van der Waals surface area contributed by atoms with Gasteiger partial charge in [-0.25, -0.2) is 17.7 Å². The van der Waals surface area contributed by atoms with Gasteiger partial charge in [-0.2, -0.15) is 0 Å². The van der Waals surface area contributed by atoms with E-state index in [-0.39, 0.29) is 0 Å². The van der Waals surface area contributed by atoms with Crippen LogP contribution in [0, 0.1) is 0 Å². The van der Waals surface area contributed by atoms with E-state index in [1.54, 1.807) is 48.3 Å². The zero-order chi connectivity index (χ0) is 15.5. The Labute approximate surface area is 134 Å². The minimum Gasteiger partial charge on any atom is -0.230 e. The molecule has 0 spiro atoms. The SMILES string of the molecule is CCCCN(C)S(=O)(=O)c1ccc2nc(SCC)sc2c1. The summed E-state index contributed by atoms with van der Waals surface area (Å²) in [4.78, 5) is 4.85. The number of benzene rings is 1. The maximum absolute atomic E-state index is 12.5. The molecule has 0 unspecified atom stereocenters. The number of thiazole rings is 1. The zero-order valence-electron chi connectivity index (χ0n) is 12.5. The maximum Gasteiger partial charge on any atom is 0.242 e. The normalized spacial score (nSPS) is 12.4. The number of sulfonamides is 1. The van der Waals surface area contributed by atoms with Crippen molar-refractivity contribution in [3.8, 4) is 0 Å². The highest BCUT2D eigenvalue weighted by molar-refractivity contribution is 8.01. The van der Waals surface area contributed by atoms with Crippen LogP contribution in [-0.2, 0) is 10.0 Å². The van der Waals surface area contributed by atoms with Gasteiger partial charge in [0.1, 0.15) is 0 Å². The summed E-state index contributed by atoms with van der Waals surface area (Å²) in [6.07, 6.45) is 1.85. The Bertz CT molecular complexity index is 710. The lowest BCUT2D eigenvalue weighted by atomic mass is 10.3. The van der Waals surface area contributed by atoms with Crippen molar-refractivity contribution < 1.29 is 8.42 Å². The second-order valence-electron chi connectivity index (χ2n) is 4.72. The number of aromatic nitrogens is 1. The number of rotatable bonds is 7. The molecule has 2 aromatic rings. The summed E-state index contributed by atoms with van der Waals surface area (Å²) in [6, 6.07) is 5.19. The average Bonchev–Trinajstić information content (AvgIpc) is 2.86. The monoisotopic (exact) mass is 344 g/mol. The molecule has 0 fully saturated rings. The summed E-state index contributed by atoms with van der Waals surface area (Å²) in [5, 5.41) is 0. The molecule has 0 bridgehead atoms. The molecule has 1 aromatic carbocycles. The molecule has 0 aliphatic carbocycles. The van der Waals surface area contributed by atoms with Crippen LogP contribution in [0.2, 0.25) is 0 Å². The predicted octanol–water partition coefficient (Wildman–Crippen LogP) is 3.83. The molecule has 0 amide bonds. The Hall–Kier alpha value is -0.630. The Morgan fingerprint density at radius 1 is 1.33 bits per heavy atom. The molecule has 21 heavy (non-hydrogen) atoms. The quantitative estimate of drug-likeness (QED) is 0.716. The van der Waals surface area contributed by atoms with Crippen LogP contribution in [0.5, 0.6) is 0 Å². The fraction of sp³-hybridized carbons (Fsp3) is 0.500. The highest BCUT2D eigenvalue weighted by Gasteiger charge is 2.21.